The van der Waals surface area contributed by atoms with Crippen LogP contribution in [0.25, 0.3) is 10.2 Å². The van der Waals surface area contributed by atoms with E-state index in [0.29, 0.717) is 11.8 Å². The zero-order valence-electron chi connectivity index (χ0n) is 14.3. The lowest BCUT2D eigenvalue weighted by molar-refractivity contribution is -0.131. The van der Waals surface area contributed by atoms with E-state index in [1.54, 1.807) is 11.8 Å². The molecule has 2 aromatic heterocycles. The fourth-order valence-electron chi connectivity index (χ4n) is 3.85. The number of nitrogens with zero attached hydrogens (tertiary/aromatic N) is 3. The van der Waals surface area contributed by atoms with Gasteiger partial charge in [0.15, 0.2) is 0 Å². The lowest BCUT2D eigenvalue weighted by Crippen LogP contribution is -2.42. The molecule has 2 aromatic rings. The van der Waals surface area contributed by atoms with E-state index in [4.69, 9.17) is 0 Å². The Balaban J connectivity index is 1.57. The van der Waals surface area contributed by atoms with Crippen LogP contribution in [0.5, 0.6) is 0 Å². The first-order valence-electron chi connectivity index (χ1n) is 8.84. The van der Waals surface area contributed by atoms with Crippen molar-refractivity contribution in [2.75, 3.05) is 12.3 Å². The molecule has 1 aliphatic heterocycles. The average molecular weight is 362 g/mol. The standard InChI is InChI=1S/C18H23N3OS2/c1-11-6-3-4-9-21(11)15(22)10-23-17-16-13-7-5-8-14(13)24-18(16)20-12(2)19-17/h11H,3-10H2,1-2H3. The minimum absolute atomic E-state index is 0.253. The van der Waals surface area contributed by atoms with Crippen molar-refractivity contribution in [2.24, 2.45) is 0 Å². The highest BCUT2D eigenvalue weighted by molar-refractivity contribution is 8.00. The summed E-state index contributed by atoms with van der Waals surface area (Å²) in [5.74, 6) is 1.55. The zero-order valence-corrected chi connectivity index (χ0v) is 15.9. The predicted octanol–water partition coefficient (Wildman–Crippen LogP) is 3.98. The number of thiophene rings is 1. The summed E-state index contributed by atoms with van der Waals surface area (Å²) in [7, 11) is 0. The van der Waals surface area contributed by atoms with Gasteiger partial charge in [0.2, 0.25) is 5.91 Å². The molecule has 4 rings (SSSR count). The number of aryl methyl sites for hydroxylation is 3. The van der Waals surface area contributed by atoms with E-state index in [9.17, 15) is 4.79 Å². The van der Waals surface area contributed by atoms with Crippen LogP contribution in [0.15, 0.2) is 5.03 Å². The number of fused-ring (bicyclic) bond motifs is 3. The maximum absolute atomic E-state index is 12.6. The van der Waals surface area contributed by atoms with E-state index in [2.05, 4.69) is 21.8 Å². The second-order valence-electron chi connectivity index (χ2n) is 6.83. The third-order valence-corrected chi connectivity index (χ3v) is 7.24. The summed E-state index contributed by atoms with van der Waals surface area (Å²) < 4.78 is 0. The summed E-state index contributed by atoms with van der Waals surface area (Å²) >= 11 is 3.42. The number of carbonyl (C=O) groups excluding carboxylic acids is 1. The maximum Gasteiger partial charge on any atom is 0.233 e. The number of rotatable bonds is 3. The molecule has 6 heteroatoms. The van der Waals surface area contributed by atoms with Gasteiger partial charge in [0, 0.05) is 22.8 Å². The molecule has 2 aliphatic rings. The molecular weight excluding hydrogens is 338 g/mol. The van der Waals surface area contributed by atoms with Crippen LogP contribution in [0.3, 0.4) is 0 Å². The van der Waals surface area contributed by atoms with Crippen LogP contribution in [0.1, 0.15) is 48.9 Å². The Kier molecular flexibility index (Phi) is 4.52. The second kappa shape index (κ2) is 6.64. The fourth-order valence-corrected chi connectivity index (χ4v) is 6.21. The third-order valence-electron chi connectivity index (χ3n) is 5.10. The van der Waals surface area contributed by atoms with Crippen LogP contribution >= 0.6 is 23.1 Å². The molecule has 1 unspecified atom stereocenters. The summed E-state index contributed by atoms with van der Waals surface area (Å²) in [4.78, 5) is 26.6. The molecule has 24 heavy (non-hydrogen) atoms. The number of likely N-dealkylation sites (tertiary alicyclic amines) is 1. The van der Waals surface area contributed by atoms with Gasteiger partial charge in [-0.3, -0.25) is 4.79 Å². The number of carbonyl (C=O) groups is 1. The summed E-state index contributed by atoms with van der Waals surface area (Å²) in [6.07, 6.45) is 7.04. The second-order valence-corrected chi connectivity index (χ2v) is 8.88. The molecule has 128 valence electrons. The molecule has 3 heterocycles. The van der Waals surface area contributed by atoms with E-state index < -0.39 is 0 Å². The molecule has 1 saturated heterocycles. The number of hydrogen-bond donors (Lipinski definition) is 0. The Morgan fingerprint density at radius 2 is 2.17 bits per heavy atom. The Labute approximate surface area is 151 Å². The van der Waals surface area contributed by atoms with Crippen LogP contribution in [0.2, 0.25) is 0 Å². The van der Waals surface area contributed by atoms with E-state index in [1.165, 1.54) is 35.1 Å². The van der Waals surface area contributed by atoms with E-state index >= 15 is 0 Å². The smallest absolute Gasteiger partial charge is 0.233 e. The summed E-state index contributed by atoms with van der Waals surface area (Å²) in [5, 5.41) is 2.23. The van der Waals surface area contributed by atoms with E-state index in [0.717, 1.165) is 41.5 Å². The molecule has 0 N–H and O–H groups in total. The fraction of sp³-hybridized carbons (Fsp3) is 0.611. The van der Waals surface area contributed by atoms with Crippen LogP contribution in [0, 0.1) is 6.92 Å². The average Bonchev–Trinajstić information content (AvgIpc) is 3.13. The first-order valence-corrected chi connectivity index (χ1v) is 10.6. The van der Waals surface area contributed by atoms with Gasteiger partial charge < -0.3 is 4.90 Å². The lowest BCUT2D eigenvalue weighted by Gasteiger charge is -2.33. The van der Waals surface area contributed by atoms with Crippen molar-refractivity contribution < 1.29 is 4.79 Å². The quantitative estimate of drug-likeness (QED) is 0.613. The topological polar surface area (TPSA) is 46.1 Å². The van der Waals surface area contributed by atoms with Crippen LogP contribution in [-0.2, 0) is 17.6 Å². The van der Waals surface area contributed by atoms with Crippen LogP contribution < -0.4 is 0 Å². The summed E-state index contributed by atoms with van der Waals surface area (Å²) in [5.41, 5.74) is 1.44. The highest BCUT2D eigenvalue weighted by Gasteiger charge is 2.25. The highest BCUT2D eigenvalue weighted by Crippen LogP contribution is 2.40. The molecule has 1 aliphatic carbocycles. The van der Waals surface area contributed by atoms with Gasteiger partial charge in [0.05, 0.1) is 5.75 Å². The molecule has 4 nitrogen and oxygen atoms in total. The summed E-state index contributed by atoms with van der Waals surface area (Å²) in [6, 6.07) is 0.379. The van der Waals surface area contributed by atoms with E-state index in [-0.39, 0.29) is 5.91 Å². The number of thioether (sulfide) groups is 1. The van der Waals surface area contributed by atoms with Gasteiger partial charge in [-0.2, -0.15) is 0 Å². The molecule has 0 aromatic carbocycles. The minimum Gasteiger partial charge on any atom is -0.339 e. The number of amides is 1. The molecule has 1 fully saturated rings. The van der Waals surface area contributed by atoms with Gasteiger partial charge in [-0.25, -0.2) is 9.97 Å². The van der Waals surface area contributed by atoms with Gasteiger partial charge in [-0.05, 0) is 57.9 Å². The van der Waals surface area contributed by atoms with Crippen molar-refractivity contribution >= 4 is 39.2 Å². The largest absolute Gasteiger partial charge is 0.339 e. The zero-order chi connectivity index (χ0) is 16.7. The Morgan fingerprint density at radius 1 is 1.29 bits per heavy atom. The first kappa shape index (κ1) is 16.3. The number of aromatic nitrogens is 2. The van der Waals surface area contributed by atoms with Gasteiger partial charge in [0.1, 0.15) is 15.7 Å². The normalized spacial score (nSPS) is 20.6. The van der Waals surface area contributed by atoms with E-state index in [1.807, 2.05) is 18.3 Å². The van der Waals surface area contributed by atoms with Crippen LogP contribution in [0.4, 0.5) is 0 Å². The van der Waals surface area contributed by atoms with Gasteiger partial charge in [-0.15, -0.1) is 11.3 Å². The lowest BCUT2D eigenvalue weighted by atomic mass is 10.0. The molecule has 0 spiro atoms. The Hall–Kier alpha value is -1.14. The molecule has 0 saturated carbocycles. The predicted molar refractivity (Wildman–Crippen MR) is 99.9 cm³/mol. The van der Waals surface area contributed by atoms with Gasteiger partial charge in [-0.1, -0.05) is 11.8 Å². The molecule has 0 radical (unpaired) electrons. The summed E-state index contributed by atoms with van der Waals surface area (Å²) in [6.45, 7) is 5.02. The third kappa shape index (κ3) is 2.94. The Bertz CT molecular complexity index is 786. The van der Waals surface area contributed by atoms with Crippen molar-refractivity contribution in [1.29, 1.82) is 0 Å². The monoisotopic (exact) mass is 361 g/mol. The SMILES string of the molecule is Cc1nc(SCC(=O)N2CCCCC2C)c2c3c(sc2n1)CCC3. The van der Waals surface area contributed by atoms with Crippen molar-refractivity contribution in [2.45, 2.75) is 63.4 Å². The van der Waals surface area contributed by atoms with Crippen molar-refractivity contribution in [3.63, 3.8) is 0 Å². The molecule has 1 amide bonds. The molecular formula is C18H23N3OS2. The van der Waals surface area contributed by atoms with Crippen LogP contribution in [-0.4, -0.2) is 39.1 Å². The minimum atomic E-state index is 0.253. The first-order chi connectivity index (χ1) is 11.6. The number of piperidine rings is 1. The number of hydrogen-bond acceptors (Lipinski definition) is 5. The highest BCUT2D eigenvalue weighted by atomic mass is 32.2. The molecule has 0 bridgehead atoms. The van der Waals surface area contributed by atoms with Crippen molar-refractivity contribution in [1.82, 2.24) is 14.9 Å². The molecule has 1 atom stereocenters. The van der Waals surface area contributed by atoms with Gasteiger partial charge in [0.25, 0.3) is 0 Å². The van der Waals surface area contributed by atoms with Gasteiger partial charge >= 0.3 is 0 Å². The maximum atomic E-state index is 12.6. The Morgan fingerprint density at radius 3 is 3.00 bits per heavy atom. The van der Waals surface area contributed by atoms with Crippen molar-refractivity contribution in [3.05, 3.63) is 16.3 Å². The van der Waals surface area contributed by atoms with Crippen molar-refractivity contribution in [3.8, 4) is 0 Å².